The third kappa shape index (κ3) is 3.59. The van der Waals surface area contributed by atoms with Crippen LogP contribution >= 0.6 is 11.8 Å². The Morgan fingerprint density at radius 1 is 1.16 bits per heavy atom. The van der Waals surface area contributed by atoms with Gasteiger partial charge in [-0.05, 0) is 48.9 Å². The minimum atomic E-state index is -0.249. The van der Waals surface area contributed by atoms with Crippen molar-refractivity contribution in [2.24, 2.45) is 0 Å². The van der Waals surface area contributed by atoms with E-state index in [0.717, 1.165) is 17.0 Å². The van der Waals surface area contributed by atoms with Gasteiger partial charge in [-0.2, -0.15) is 0 Å². The molecule has 5 rings (SSSR count). The summed E-state index contributed by atoms with van der Waals surface area (Å²) in [4.78, 5) is 33.0. The first-order valence-corrected chi connectivity index (χ1v) is 10.8. The maximum Gasteiger partial charge on any atom is 0.261 e. The normalized spacial score (nSPS) is 14.0. The topological polar surface area (TPSA) is 80.8 Å². The number of hydrogen-bond donors (Lipinski definition) is 1. The Labute approximate surface area is 183 Å². The van der Waals surface area contributed by atoms with Crippen molar-refractivity contribution < 1.29 is 19.1 Å². The summed E-state index contributed by atoms with van der Waals surface area (Å²) in [5, 5.41) is 3.53. The third-order valence-corrected chi connectivity index (χ3v) is 6.11. The van der Waals surface area contributed by atoms with Gasteiger partial charge in [0.15, 0.2) is 11.5 Å². The number of rotatable bonds is 4. The van der Waals surface area contributed by atoms with Crippen LogP contribution in [0.3, 0.4) is 0 Å². The molecule has 3 aromatic rings. The van der Waals surface area contributed by atoms with Gasteiger partial charge in [-0.3, -0.25) is 9.59 Å². The van der Waals surface area contributed by atoms with Crippen LogP contribution in [0.15, 0.2) is 64.6 Å². The Hall–Kier alpha value is -3.52. The van der Waals surface area contributed by atoms with E-state index < -0.39 is 0 Å². The van der Waals surface area contributed by atoms with Crippen LogP contribution < -0.4 is 19.7 Å². The van der Waals surface area contributed by atoms with Gasteiger partial charge >= 0.3 is 0 Å². The van der Waals surface area contributed by atoms with Crippen LogP contribution in [0.1, 0.15) is 34.1 Å². The molecule has 1 N–H and O–H groups in total. The average molecular weight is 433 g/mol. The van der Waals surface area contributed by atoms with Crippen molar-refractivity contribution >= 4 is 35.0 Å². The van der Waals surface area contributed by atoms with Crippen LogP contribution in [0.5, 0.6) is 11.5 Å². The molecule has 0 bridgehead atoms. The second kappa shape index (κ2) is 7.96. The Bertz CT molecular complexity index is 1200. The Morgan fingerprint density at radius 3 is 2.90 bits per heavy atom. The lowest BCUT2D eigenvalue weighted by molar-refractivity contribution is 0.0982. The molecule has 0 aliphatic carbocycles. The number of fused-ring (bicyclic) bond motifs is 3. The van der Waals surface area contributed by atoms with Gasteiger partial charge in [-0.15, -0.1) is 0 Å². The molecule has 0 fully saturated rings. The van der Waals surface area contributed by atoms with Crippen molar-refractivity contribution in [1.29, 1.82) is 0 Å². The van der Waals surface area contributed by atoms with Gasteiger partial charge in [0.05, 0.1) is 11.3 Å². The van der Waals surface area contributed by atoms with E-state index >= 15 is 0 Å². The number of nitrogens with zero attached hydrogens (tertiary/aromatic N) is 2. The number of carbonyl (C=O) groups excluding carboxylic acids is 2. The number of aromatic nitrogens is 1. The maximum atomic E-state index is 13.1. The highest BCUT2D eigenvalue weighted by Crippen LogP contribution is 2.41. The Kier molecular flexibility index (Phi) is 4.99. The molecule has 2 aromatic carbocycles. The Balaban J connectivity index is 1.47. The molecule has 2 aliphatic rings. The smallest absolute Gasteiger partial charge is 0.261 e. The number of carbonyl (C=O) groups is 2. The first-order chi connectivity index (χ1) is 15.1. The molecular weight excluding hydrogens is 414 g/mol. The van der Waals surface area contributed by atoms with Gasteiger partial charge in [0.25, 0.3) is 11.8 Å². The number of amides is 2. The summed E-state index contributed by atoms with van der Waals surface area (Å²) in [6.07, 6.45) is 2.49. The zero-order valence-electron chi connectivity index (χ0n) is 16.8. The SMILES string of the molecule is CCCN1C(=O)c2cccnc2Sc2cc(C(=O)Nc3ccc4c(c3)OCO4)ccc21. The summed E-state index contributed by atoms with van der Waals surface area (Å²) < 4.78 is 10.7. The lowest BCUT2D eigenvalue weighted by Gasteiger charge is -2.22. The Morgan fingerprint density at radius 2 is 2.03 bits per heavy atom. The average Bonchev–Trinajstić information content (AvgIpc) is 3.21. The highest BCUT2D eigenvalue weighted by atomic mass is 32.2. The second-order valence-corrected chi connectivity index (χ2v) is 8.15. The highest BCUT2D eigenvalue weighted by Gasteiger charge is 2.28. The first kappa shape index (κ1) is 19.4. The van der Waals surface area contributed by atoms with Gasteiger partial charge in [-0.1, -0.05) is 18.7 Å². The van der Waals surface area contributed by atoms with Gasteiger partial charge in [0.2, 0.25) is 6.79 Å². The molecule has 1 aromatic heterocycles. The van der Waals surface area contributed by atoms with Crippen molar-refractivity contribution in [2.45, 2.75) is 23.3 Å². The number of pyridine rings is 1. The number of anilines is 2. The third-order valence-electron chi connectivity index (χ3n) is 5.04. The lowest BCUT2D eigenvalue weighted by atomic mass is 10.1. The van der Waals surface area contributed by atoms with Crippen molar-refractivity contribution in [3.63, 3.8) is 0 Å². The summed E-state index contributed by atoms with van der Waals surface area (Å²) in [5.74, 6) is 0.938. The van der Waals surface area contributed by atoms with Crippen LogP contribution in [0.4, 0.5) is 11.4 Å². The van der Waals surface area contributed by atoms with Crippen molar-refractivity contribution in [3.8, 4) is 11.5 Å². The number of ether oxygens (including phenoxy) is 2. The van der Waals surface area contributed by atoms with E-state index in [-0.39, 0.29) is 18.6 Å². The molecule has 2 amide bonds. The van der Waals surface area contributed by atoms with Crippen LogP contribution in [-0.2, 0) is 0 Å². The predicted octanol–water partition coefficient (Wildman–Crippen LogP) is 4.58. The first-order valence-electron chi connectivity index (χ1n) is 9.94. The fourth-order valence-electron chi connectivity index (χ4n) is 3.58. The van der Waals surface area contributed by atoms with E-state index in [9.17, 15) is 9.59 Å². The molecule has 0 spiro atoms. The molecule has 0 atom stereocenters. The van der Waals surface area contributed by atoms with Crippen LogP contribution in [0.2, 0.25) is 0 Å². The molecule has 31 heavy (non-hydrogen) atoms. The predicted molar refractivity (Wildman–Crippen MR) is 117 cm³/mol. The van der Waals surface area contributed by atoms with E-state index in [1.54, 1.807) is 47.5 Å². The molecular formula is C23H19N3O4S. The molecule has 8 heteroatoms. The largest absolute Gasteiger partial charge is 0.454 e. The van der Waals surface area contributed by atoms with Crippen LogP contribution in [-0.4, -0.2) is 30.1 Å². The fraction of sp³-hybridized carbons (Fsp3) is 0.174. The summed E-state index contributed by atoms with van der Waals surface area (Å²) in [7, 11) is 0. The van der Waals surface area contributed by atoms with Crippen LogP contribution in [0, 0.1) is 0 Å². The molecule has 0 saturated heterocycles. The van der Waals surface area contributed by atoms with Gasteiger partial charge in [0.1, 0.15) is 5.03 Å². The van der Waals surface area contributed by atoms with Crippen LogP contribution in [0.25, 0.3) is 0 Å². The van der Waals surface area contributed by atoms with Gasteiger partial charge < -0.3 is 19.7 Å². The van der Waals surface area contributed by atoms with E-state index in [2.05, 4.69) is 10.3 Å². The van der Waals surface area contributed by atoms with E-state index in [1.165, 1.54) is 11.8 Å². The minimum absolute atomic E-state index is 0.0752. The number of benzene rings is 2. The highest BCUT2D eigenvalue weighted by molar-refractivity contribution is 7.99. The number of hydrogen-bond acceptors (Lipinski definition) is 6. The molecule has 2 aliphatic heterocycles. The zero-order chi connectivity index (χ0) is 21.4. The molecule has 156 valence electrons. The molecule has 3 heterocycles. The van der Waals surface area contributed by atoms with Crippen molar-refractivity contribution in [3.05, 3.63) is 65.9 Å². The van der Waals surface area contributed by atoms with Gasteiger partial charge in [0, 0.05) is 35.0 Å². The number of nitrogens with one attached hydrogen (secondary N) is 1. The molecule has 0 saturated carbocycles. The second-order valence-electron chi connectivity index (χ2n) is 7.12. The van der Waals surface area contributed by atoms with Crippen molar-refractivity contribution in [2.75, 3.05) is 23.6 Å². The minimum Gasteiger partial charge on any atom is -0.454 e. The fourth-order valence-corrected chi connectivity index (χ4v) is 4.63. The van der Waals surface area contributed by atoms with E-state index in [0.29, 0.717) is 39.9 Å². The quantitative estimate of drug-likeness (QED) is 0.649. The van der Waals surface area contributed by atoms with E-state index in [4.69, 9.17) is 9.47 Å². The molecule has 0 unspecified atom stereocenters. The van der Waals surface area contributed by atoms with Gasteiger partial charge in [-0.25, -0.2) is 4.98 Å². The summed E-state index contributed by atoms with van der Waals surface area (Å²) in [6, 6.07) is 14.2. The standard InChI is InChI=1S/C23H19N3O4S/c1-2-10-26-17-7-5-14(11-20(17)31-22-16(23(26)28)4-3-9-24-22)21(27)25-15-6-8-18-19(12-15)30-13-29-18/h3-9,11-12H,2,10,13H2,1H3,(H,25,27). The zero-order valence-corrected chi connectivity index (χ0v) is 17.6. The monoisotopic (exact) mass is 433 g/mol. The summed E-state index contributed by atoms with van der Waals surface area (Å²) >= 11 is 1.40. The van der Waals surface area contributed by atoms with Crippen molar-refractivity contribution in [1.82, 2.24) is 4.98 Å². The lowest BCUT2D eigenvalue weighted by Crippen LogP contribution is -2.31. The molecule has 0 radical (unpaired) electrons. The summed E-state index contributed by atoms with van der Waals surface area (Å²) in [6.45, 7) is 2.79. The molecule has 7 nitrogen and oxygen atoms in total. The summed E-state index contributed by atoms with van der Waals surface area (Å²) in [5.41, 5.74) is 2.47. The maximum absolute atomic E-state index is 13.1. The van der Waals surface area contributed by atoms with E-state index in [1.807, 2.05) is 19.1 Å².